The molecule has 6 N–H and O–H groups in total. The summed E-state index contributed by atoms with van der Waals surface area (Å²) in [4.78, 5) is 44.6. The van der Waals surface area contributed by atoms with Crippen molar-refractivity contribution in [1.29, 1.82) is 0 Å². The molecule has 4 aromatic rings. The molecule has 0 fully saturated rings. The second kappa shape index (κ2) is 10.5. The summed E-state index contributed by atoms with van der Waals surface area (Å²) in [6.45, 7) is 5.60. The fourth-order valence-electron chi connectivity index (χ4n) is 4.27. The Bertz CT molecular complexity index is 1500. The number of rotatable bonds is 8. The van der Waals surface area contributed by atoms with Gasteiger partial charge >= 0.3 is 0 Å². The molecule has 0 spiro atoms. The number of aromatic nitrogens is 2. The molecule has 10 nitrogen and oxygen atoms in total. The maximum Gasteiger partial charge on any atom is 0.270 e. The molecule has 0 saturated heterocycles. The summed E-state index contributed by atoms with van der Waals surface area (Å²) in [7, 11) is 1.54. The number of carbonyl (C=O) groups excluding carboxylic acids is 3. The van der Waals surface area contributed by atoms with Crippen molar-refractivity contribution in [3.8, 4) is 5.75 Å². The van der Waals surface area contributed by atoms with E-state index in [0.717, 1.165) is 22.4 Å². The van der Waals surface area contributed by atoms with E-state index < -0.39 is 23.4 Å². The first-order valence-corrected chi connectivity index (χ1v) is 12.6. The van der Waals surface area contributed by atoms with Crippen molar-refractivity contribution < 1.29 is 19.1 Å². The Hall–Kier alpha value is -4.38. The number of H-pyrrole nitrogens is 1. The summed E-state index contributed by atoms with van der Waals surface area (Å²) in [6, 6.07) is 13.7. The lowest BCUT2D eigenvalue weighted by Gasteiger charge is -2.33. The Balaban J connectivity index is 1.92. The third kappa shape index (κ3) is 5.32. The second-order valence-electron chi connectivity index (χ2n) is 9.81. The number of carbonyl (C=O) groups is 3. The number of ether oxygens (including phenoxy) is 1. The van der Waals surface area contributed by atoms with E-state index in [9.17, 15) is 14.4 Å². The second-order valence-corrected chi connectivity index (χ2v) is 10.6. The third-order valence-corrected chi connectivity index (χ3v) is 6.77. The number of hydrogen-bond donors (Lipinski definition) is 4. The number of para-hydroxylation sites is 2. The van der Waals surface area contributed by atoms with Crippen LogP contribution in [0.3, 0.4) is 0 Å². The van der Waals surface area contributed by atoms with Gasteiger partial charge in [0.1, 0.15) is 16.7 Å². The Morgan fingerprint density at radius 1 is 1.13 bits per heavy atom. The number of nitrogens with two attached hydrogens (primary N) is 2. The van der Waals surface area contributed by atoms with Crippen molar-refractivity contribution in [2.45, 2.75) is 38.9 Å². The summed E-state index contributed by atoms with van der Waals surface area (Å²) in [6.07, 6.45) is 1.73. The highest BCUT2D eigenvalue weighted by molar-refractivity contribution is 7.09. The number of methoxy groups -OCH3 is 1. The maximum atomic E-state index is 14.2. The molecule has 3 amide bonds. The van der Waals surface area contributed by atoms with Gasteiger partial charge in [-0.05, 0) is 44.4 Å². The number of nitrogens with one attached hydrogen (secondary N) is 2. The minimum atomic E-state index is -1.07. The van der Waals surface area contributed by atoms with Crippen molar-refractivity contribution in [3.63, 3.8) is 0 Å². The van der Waals surface area contributed by atoms with Crippen molar-refractivity contribution in [1.82, 2.24) is 19.6 Å². The number of nitrogens with zero attached hydrogens (tertiary/aromatic N) is 2. The SMILES string of the molecule is COc1ccccc1CN(C(=O)c1snc(C(N)=O)c1N)C(C(=O)NC(C)(C)C)c1c[nH]c2ccccc12. The molecule has 11 heteroatoms. The lowest BCUT2D eigenvalue weighted by atomic mass is 9.99. The van der Waals surface area contributed by atoms with Crippen molar-refractivity contribution in [3.05, 3.63) is 76.4 Å². The summed E-state index contributed by atoms with van der Waals surface area (Å²) >= 11 is 0.767. The van der Waals surface area contributed by atoms with E-state index in [4.69, 9.17) is 16.2 Å². The number of primary amides is 1. The number of aromatic amines is 1. The first-order chi connectivity index (χ1) is 18.0. The average Bonchev–Trinajstić information content (AvgIpc) is 3.46. The van der Waals surface area contributed by atoms with Crippen LogP contribution in [0.4, 0.5) is 5.69 Å². The molecule has 0 saturated carbocycles. The van der Waals surface area contributed by atoms with E-state index in [2.05, 4.69) is 14.7 Å². The third-order valence-electron chi connectivity index (χ3n) is 5.92. The van der Waals surface area contributed by atoms with Gasteiger partial charge in [-0.3, -0.25) is 14.4 Å². The molecule has 0 aliphatic rings. The summed E-state index contributed by atoms with van der Waals surface area (Å²) in [5.74, 6) is -1.25. The molecule has 198 valence electrons. The standard InChI is InChI=1S/C27H30N6O4S/c1-27(2,3)31-25(35)22(17-13-30-18-11-7-6-10-16(17)18)33(14-15-9-5-8-12-19(15)37-4)26(36)23-20(28)21(24(29)34)32-38-23/h5-13,22,30H,14,28H2,1-4H3,(H2,29,34)(H,31,35). The molecule has 2 aromatic heterocycles. The summed E-state index contributed by atoms with van der Waals surface area (Å²) in [5.41, 5.74) is 12.8. The molecular formula is C27H30N6O4S. The van der Waals surface area contributed by atoms with Gasteiger partial charge in [-0.15, -0.1) is 0 Å². The number of anilines is 1. The van der Waals surface area contributed by atoms with Crippen LogP contribution in [-0.2, 0) is 11.3 Å². The normalized spacial score (nSPS) is 12.2. The molecular weight excluding hydrogens is 504 g/mol. The zero-order valence-corrected chi connectivity index (χ0v) is 22.4. The van der Waals surface area contributed by atoms with Gasteiger partial charge in [0, 0.05) is 33.8 Å². The van der Waals surface area contributed by atoms with Crippen LogP contribution in [0.25, 0.3) is 10.9 Å². The molecule has 0 radical (unpaired) electrons. The Kier molecular flexibility index (Phi) is 7.40. The molecule has 4 rings (SSSR count). The highest BCUT2D eigenvalue weighted by Crippen LogP contribution is 2.35. The predicted molar refractivity (Wildman–Crippen MR) is 147 cm³/mol. The quantitative estimate of drug-likeness (QED) is 0.270. The van der Waals surface area contributed by atoms with E-state index in [0.29, 0.717) is 16.9 Å². The van der Waals surface area contributed by atoms with Gasteiger partial charge in [-0.1, -0.05) is 36.4 Å². The van der Waals surface area contributed by atoms with Crippen LogP contribution >= 0.6 is 11.5 Å². The lowest BCUT2D eigenvalue weighted by molar-refractivity contribution is -0.127. The Morgan fingerprint density at radius 2 is 1.82 bits per heavy atom. The van der Waals surface area contributed by atoms with Gasteiger partial charge in [0.05, 0.1) is 19.3 Å². The minimum absolute atomic E-state index is 0.00777. The Morgan fingerprint density at radius 3 is 2.47 bits per heavy atom. The smallest absolute Gasteiger partial charge is 0.270 e. The van der Waals surface area contributed by atoms with Gasteiger partial charge in [-0.2, -0.15) is 4.37 Å². The van der Waals surface area contributed by atoms with E-state index in [1.54, 1.807) is 12.3 Å². The molecule has 1 atom stereocenters. The number of fused-ring (bicyclic) bond motifs is 1. The molecule has 0 aliphatic carbocycles. The highest BCUT2D eigenvalue weighted by Gasteiger charge is 2.37. The van der Waals surface area contributed by atoms with Gasteiger partial charge in [0.25, 0.3) is 11.8 Å². The Labute approximate surface area is 224 Å². The molecule has 38 heavy (non-hydrogen) atoms. The average molecular weight is 535 g/mol. The lowest BCUT2D eigenvalue weighted by Crippen LogP contribution is -2.49. The van der Waals surface area contributed by atoms with Crippen LogP contribution < -0.4 is 21.5 Å². The fraction of sp³-hybridized carbons (Fsp3) is 0.259. The number of nitrogen functional groups attached to an aromatic ring is 1. The van der Waals surface area contributed by atoms with Crippen LogP contribution in [-0.4, -0.2) is 44.6 Å². The summed E-state index contributed by atoms with van der Waals surface area (Å²) in [5, 5.41) is 3.80. The molecule has 1 unspecified atom stereocenters. The van der Waals surface area contributed by atoms with Crippen LogP contribution in [0.5, 0.6) is 5.75 Å². The van der Waals surface area contributed by atoms with E-state index in [-0.39, 0.29) is 28.7 Å². The monoisotopic (exact) mass is 534 g/mol. The first-order valence-electron chi connectivity index (χ1n) is 11.9. The van der Waals surface area contributed by atoms with E-state index in [1.807, 2.05) is 63.2 Å². The molecule has 0 aliphatic heterocycles. The van der Waals surface area contributed by atoms with Crippen molar-refractivity contribution in [2.75, 3.05) is 12.8 Å². The highest BCUT2D eigenvalue weighted by atomic mass is 32.1. The van der Waals surface area contributed by atoms with Gasteiger partial charge in [-0.25, -0.2) is 0 Å². The maximum absolute atomic E-state index is 14.2. The van der Waals surface area contributed by atoms with Gasteiger partial charge in [0.15, 0.2) is 5.69 Å². The zero-order valence-electron chi connectivity index (χ0n) is 21.6. The van der Waals surface area contributed by atoms with Gasteiger partial charge < -0.3 is 31.4 Å². The van der Waals surface area contributed by atoms with Crippen molar-refractivity contribution in [2.24, 2.45) is 5.73 Å². The molecule has 2 aromatic carbocycles. The number of hydrogen-bond acceptors (Lipinski definition) is 7. The van der Waals surface area contributed by atoms with Gasteiger partial charge in [0.2, 0.25) is 5.91 Å². The minimum Gasteiger partial charge on any atom is -0.496 e. The summed E-state index contributed by atoms with van der Waals surface area (Å²) < 4.78 is 9.53. The van der Waals surface area contributed by atoms with Crippen LogP contribution in [0.2, 0.25) is 0 Å². The number of benzene rings is 2. The fourth-order valence-corrected chi connectivity index (χ4v) is 5.03. The predicted octanol–water partition coefficient (Wildman–Crippen LogP) is 3.61. The van der Waals surface area contributed by atoms with E-state index >= 15 is 0 Å². The largest absolute Gasteiger partial charge is 0.496 e. The van der Waals surface area contributed by atoms with E-state index in [1.165, 1.54) is 12.0 Å². The molecule has 0 bridgehead atoms. The molecule has 2 heterocycles. The topological polar surface area (TPSA) is 156 Å². The van der Waals surface area contributed by atoms with Crippen molar-refractivity contribution >= 4 is 45.8 Å². The first kappa shape index (κ1) is 26.7. The van der Waals surface area contributed by atoms with Crippen LogP contribution in [0.15, 0.2) is 54.7 Å². The van der Waals surface area contributed by atoms with Crippen LogP contribution in [0, 0.1) is 0 Å². The zero-order chi connectivity index (χ0) is 27.6. The number of amides is 3. The van der Waals surface area contributed by atoms with Crippen LogP contribution in [0.1, 0.15) is 58.1 Å².